The summed E-state index contributed by atoms with van der Waals surface area (Å²) in [7, 11) is 0. The summed E-state index contributed by atoms with van der Waals surface area (Å²) in [4.78, 5) is 4.22. The van der Waals surface area contributed by atoms with Gasteiger partial charge < -0.3 is 10.1 Å². The van der Waals surface area contributed by atoms with Gasteiger partial charge in [-0.15, -0.1) is 0 Å². The maximum Gasteiger partial charge on any atom is 0.219 e. The summed E-state index contributed by atoms with van der Waals surface area (Å²) in [5.74, 6) is 1.31. The van der Waals surface area contributed by atoms with Crippen molar-refractivity contribution < 1.29 is 4.74 Å². The van der Waals surface area contributed by atoms with Gasteiger partial charge in [-0.25, -0.2) is 4.98 Å². The second-order valence-corrected chi connectivity index (χ2v) is 4.70. The van der Waals surface area contributed by atoms with Gasteiger partial charge in [0.15, 0.2) is 0 Å². The molecule has 0 aliphatic rings. The maximum absolute atomic E-state index is 5.84. The largest absolute Gasteiger partial charge is 0.439 e. The van der Waals surface area contributed by atoms with Crippen LogP contribution in [-0.2, 0) is 0 Å². The summed E-state index contributed by atoms with van der Waals surface area (Å²) in [5, 5.41) is 4.05. The lowest BCUT2D eigenvalue weighted by atomic mass is 10.1. The third-order valence-corrected chi connectivity index (χ3v) is 3.06. The average molecular weight is 277 g/mol. The Morgan fingerprint density at radius 2 is 2.00 bits per heavy atom. The van der Waals surface area contributed by atoms with E-state index in [1.54, 1.807) is 18.3 Å². The van der Waals surface area contributed by atoms with E-state index in [0.717, 1.165) is 17.9 Å². The van der Waals surface area contributed by atoms with Crippen molar-refractivity contribution in [2.24, 2.45) is 0 Å². The molecule has 1 unspecified atom stereocenters. The first kappa shape index (κ1) is 13.8. The highest BCUT2D eigenvalue weighted by Gasteiger charge is 2.06. The van der Waals surface area contributed by atoms with E-state index in [1.807, 2.05) is 24.3 Å². The van der Waals surface area contributed by atoms with Gasteiger partial charge in [0.25, 0.3) is 0 Å². The standard InChI is InChI=1S/C15H17ClN2O/c1-3-17-11(2)12-8-9-18-15(10-12)19-14-6-4-13(16)5-7-14/h4-11,17H,3H2,1-2H3. The molecular weight excluding hydrogens is 260 g/mol. The quantitative estimate of drug-likeness (QED) is 0.889. The van der Waals surface area contributed by atoms with E-state index in [2.05, 4.69) is 24.1 Å². The normalized spacial score (nSPS) is 12.2. The molecule has 0 radical (unpaired) electrons. The van der Waals surface area contributed by atoms with Gasteiger partial charge >= 0.3 is 0 Å². The number of pyridine rings is 1. The number of ether oxygens (including phenoxy) is 1. The van der Waals surface area contributed by atoms with E-state index in [9.17, 15) is 0 Å². The van der Waals surface area contributed by atoms with Gasteiger partial charge in [-0.1, -0.05) is 18.5 Å². The topological polar surface area (TPSA) is 34.2 Å². The number of aromatic nitrogens is 1. The van der Waals surface area contributed by atoms with Gasteiger partial charge in [-0.3, -0.25) is 0 Å². The molecule has 0 spiro atoms. The molecule has 0 aliphatic heterocycles. The SMILES string of the molecule is CCNC(C)c1ccnc(Oc2ccc(Cl)cc2)c1. The van der Waals surface area contributed by atoms with E-state index in [0.29, 0.717) is 10.9 Å². The van der Waals surface area contributed by atoms with Crippen molar-refractivity contribution in [1.29, 1.82) is 0 Å². The Hall–Kier alpha value is -1.58. The summed E-state index contributed by atoms with van der Waals surface area (Å²) in [5.41, 5.74) is 1.15. The number of hydrogen-bond donors (Lipinski definition) is 1. The Morgan fingerprint density at radius 3 is 2.68 bits per heavy atom. The zero-order valence-electron chi connectivity index (χ0n) is 11.1. The minimum Gasteiger partial charge on any atom is -0.439 e. The molecule has 0 amide bonds. The lowest BCUT2D eigenvalue weighted by molar-refractivity contribution is 0.460. The molecule has 100 valence electrons. The Morgan fingerprint density at radius 1 is 1.26 bits per heavy atom. The van der Waals surface area contributed by atoms with Crippen molar-refractivity contribution in [3.8, 4) is 11.6 Å². The van der Waals surface area contributed by atoms with Crippen LogP contribution in [0.4, 0.5) is 0 Å². The predicted octanol–water partition coefficient (Wildman–Crippen LogP) is 4.20. The molecule has 0 saturated carbocycles. The molecule has 2 rings (SSSR count). The molecule has 1 heterocycles. The van der Waals surface area contributed by atoms with E-state index in [4.69, 9.17) is 16.3 Å². The molecule has 4 heteroatoms. The Labute approximate surface area is 118 Å². The smallest absolute Gasteiger partial charge is 0.219 e. The minimum absolute atomic E-state index is 0.278. The lowest BCUT2D eigenvalue weighted by Gasteiger charge is -2.13. The highest BCUT2D eigenvalue weighted by Crippen LogP contribution is 2.23. The Balaban J connectivity index is 2.12. The molecule has 1 atom stereocenters. The number of benzene rings is 1. The van der Waals surface area contributed by atoms with Gasteiger partial charge in [0.05, 0.1) is 0 Å². The molecule has 1 N–H and O–H groups in total. The molecular formula is C15H17ClN2O. The Kier molecular flexibility index (Phi) is 4.77. The molecule has 0 bridgehead atoms. The van der Waals surface area contributed by atoms with Crippen molar-refractivity contribution >= 4 is 11.6 Å². The maximum atomic E-state index is 5.84. The third-order valence-electron chi connectivity index (χ3n) is 2.81. The summed E-state index contributed by atoms with van der Waals surface area (Å²) in [6.07, 6.45) is 1.76. The second kappa shape index (κ2) is 6.55. The van der Waals surface area contributed by atoms with Crippen molar-refractivity contribution in [3.63, 3.8) is 0 Å². The van der Waals surface area contributed by atoms with Crippen molar-refractivity contribution in [2.45, 2.75) is 19.9 Å². The van der Waals surface area contributed by atoms with Gasteiger partial charge in [0.2, 0.25) is 5.88 Å². The third kappa shape index (κ3) is 3.94. The Bertz CT molecular complexity index is 528. The summed E-state index contributed by atoms with van der Waals surface area (Å²) < 4.78 is 5.70. The zero-order valence-corrected chi connectivity index (χ0v) is 11.8. The van der Waals surface area contributed by atoms with Gasteiger partial charge in [0, 0.05) is 23.3 Å². The van der Waals surface area contributed by atoms with Crippen LogP contribution in [0.2, 0.25) is 5.02 Å². The number of nitrogens with zero attached hydrogens (tertiary/aromatic N) is 1. The van der Waals surface area contributed by atoms with E-state index in [-0.39, 0.29) is 6.04 Å². The van der Waals surface area contributed by atoms with Crippen LogP contribution in [0.1, 0.15) is 25.5 Å². The van der Waals surface area contributed by atoms with Crippen LogP contribution in [-0.4, -0.2) is 11.5 Å². The van der Waals surface area contributed by atoms with E-state index in [1.165, 1.54) is 0 Å². The first-order chi connectivity index (χ1) is 9.19. The van der Waals surface area contributed by atoms with E-state index < -0.39 is 0 Å². The van der Waals surface area contributed by atoms with Crippen LogP contribution < -0.4 is 10.1 Å². The minimum atomic E-state index is 0.278. The molecule has 0 fully saturated rings. The van der Waals surface area contributed by atoms with Gasteiger partial charge in [-0.2, -0.15) is 0 Å². The van der Waals surface area contributed by atoms with E-state index >= 15 is 0 Å². The highest BCUT2D eigenvalue weighted by atomic mass is 35.5. The van der Waals surface area contributed by atoms with Crippen LogP contribution in [0, 0.1) is 0 Å². The molecule has 0 saturated heterocycles. The van der Waals surface area contributed by atoms with Crippen molar-refractivity contribution in [3.05, 3.63) is 53.2 Å². The van der Waals surface area contributed by atoms with Crippen LogP contribution in [0.15, 0.2) is 42.6 Å². The summed E-state index contributed by atoms with van der Waals surface area (Å²) >= 11 is 5.84. The molecule has 2 aromatic rings. The lowest BCUT2D eigenvalue weighted by Crippen LogP contribution is -2.17. The fourth-order valence-electron chi connectivity index (χ4n) is 1.80. The zero-order chi connectivity index (χ0) is 13.7. The molecule has 1 aromatic carbocycles. The van der Waals surface area contributed by atoms with Crippen LogP contribution in [0.25, 0.3) is 0 Å². The number of nitrogens with one attached hydrogen (secondary N) is 1. The first-order valence-corrected chi connectivity index (χ1v) is 6.69. The molecule has 19 heavy (non-hydrogen) atoms. The van der Waals surface area contributed by atoms with Crippen molar-refractivity contribution in [1.82, 2.24) is 10.3 Å². The van der Waals surface area contributed by atoms with Gasteiger partial charge in [-0.05, 0) is 49.4 Å². The molecule has 0 aliphatic carbocycles. The molecule has 3 nitrogen and oxygen atoms in total. The summed E-state index contributed by atoms with van der Waals surface area (Å²) in [6.45, 7) is 5.13. The predicted molar refractivity (Wildman–Crippen MR) is 77.9 cm³/mol. The van der Waals surface area contributed by atoms with Gasteiger partial charge in [0.1, 0.15) is 5.75 Å². The fraction of sp³-hybridized carbons (Fsp3) is 0.267. The average Bonchev–Trinajstić information content (AvgIpc) is 2.42. The van der Waals surface area contributed by atoms with Crippen LogP contribution in [0.3, 0.4) is 0 Å². The fourth-order valence-corrected chi connectivity index (χ4v) is 1.92. The first-order valence-electron chi connectivity index (χ1n) is 6.32. The number of hydrogen-bond acceptors (Lipinski definition) is 3. The second-order valence-electron chi connectivity index (χ2n) is 4.26. The molecule has 1 aromatic heterocycles. The summed E-state index contributed by atoms with van der Waals surface area (Å²) in [6, 6.07) is 11.4. The highest BCUT2D eigenvalue weighted by molar-refractivity contribution is 6.30. The monoisotopic (exact) mass is 276 g/mol. The van der Waals surface area contributed by atoms with Crippen LogP contribution >= 0.6 is 11.6 Å². The number of rotatable bonds is 5. The van der Waals surface area contributed by atoms with Crippen molar-refractivity contribution in [2.75, 3.05) is 6.54 Å². The van der Waals surface area contributed by atoms with Crippen LogP contribution in [0.5, 0.6) is 11.6 Å². The number of halogens is 1.